The minimum atomic E-state index is 0.822. The molecule has 0 amide bonds. The number of aromatic nitrogens is 2. The number of anilines is 1. The van der Waals surface area contributed by atoms with Crippen LogP contribution in [0.3, 0.4) is 0 Å². The molecule has 1 aliphatic rings. The summed E-state index contributed by atoms with van der Waals surface area (Å²) in [5.74, 6) is 0.822. The Balaban J connectivity index is 1.94. The van der Waals surface area contributed by atoms with Crippen molar-refractivity contribution in [3.05, 3.63) is 5.69 Å². The summed E-state index contributed by atoms with van der Waals surface area (Å²) in [6.45, 7) is 8.72. The second-order valence-electron chi connectivity index (χ2n) is 4.56. The van der Waals surface area contributed by atoms with Gasteiger partial charge in [0.15, 0.2) is 0 Å². The number of likely N-dealkylation sites (tertiary alicyclic amines) is 1. The largest absolute Gasteiger partial charge is 0.374 e. The number of hydrogen-bond donors (Lipinski definition) is 1. The molecule has 0 spiro atoms. The number of piperidine rings is 1. The molecule has 1 aliphatic heterocycles. The van der Waals surface area contributed by atoms with E-state index in [-0.39, 0.29) is 0 Å². The smallest absolute Gasteiger partial charge is 0.134 e. The van der Waals surface area contributed by atoms with Gasteiger partial charge in [-0.05, 0) is 32.2 Å². The van der Waals surface area contributed by atoms with E-state index >= 15 is 0 Å². The van der Waals surface area contributed by atoms with Crippen LogP contribution >= 0.6 is 11.5 Å². The van der Waals surface area contributed by atoms with Crippen molar-refractivity contribution in [2.24, 2.45) is 5.92 Å². The van der Waals surface area contributed by atoms with E-state index in [2.05, 4.69) is 33.7 Å². The third-order valence-electron chi connectivity index (χ3n) is 3.01. The van der Waals surface area contributed by atoms with Crippen molar-refractivity contribution >= 4 is 16.5 Å². The van der Waals surface area contributed by atoms with Crippen molar-refractivity contribution in [3.63, 3.8) is 0 Å². The first-order chi connectivity index (χ1) is 7.79. The minimum Gasteiger partial charge on any atom is -0.374 e. The van der Waals surface area contributed by atoms with E-state index in [4.69, 9.17) is 0 Å². The van der Waals surface area contributed by atoms with Crippen LogP contribution in [0, 0.1) is 5.92 Å². The first-order valence-corrected chi connectivity index (χ1v) is 6.84. The molecule has 2 heterocycles. The Morgan fingerprint density at radius 3 is 3.19 bits per heavy atom. The Hall–Kier alpha value is -0.680. The van der Waals surface area contributed by atoms with Crippen LogP contribution in [-0.2, 0) is 6.54 Å². The Morgan fingerprint density at radius 1 is 1.56 bits per heavy atom. The van der Waals surface area contributed by atoms with Gasteiger partial charge in [0.1, 0.15) is 10.7 Å². The van der Waals surface area contributed by atoms with E-state index in [9.17, 15) is 0 Å². The maximum atomic E-state index is 4.22. The summed E-state index contributed by atoms with van der Waals surface area (Å²) in [7, 11) is 0. The minimum absolute atomic E-state index is 0.822. The lowest BCUT2D eigenvalue weighted by molar-refractivity contribution is 0.175. The summed E-state index contributed by atoms with van der Waals surface area (Å²) in [4.78, 5) is 2.49. The van der Waals surface area contributed by atoms with Gasteiger partial charge in [-0.1, -0.05) is 11.4 Å². The fourth-order valence-corrected chi connectivity index (χ4v) is 2.89. The van der Waals surface area contributed by atoms with Crippen molar-refractivity contribution in [3.8, 4) is 0 Å². The molecule has 4 nitrogen and oxygen atoms in total. The monoisotopic (exact) mass is 240 g/mol. The van der Waals surface area contributed by atoms with Crippen molar-refractivity contribution in [1.29, 1.82) is 0 Å². The van der Waals surface area contributed by atoms with E-state index < -0.39 is 0 Å². The molecule has 1 saturated heterocycles. The topological polar surface area (TPSA) is 41.1 Å². The summed E-state index contributed by atoms with van der Waals surface area (Å²) < 4.78 is 4.03. The molecule has 2 rings (SSSR count). The first-order valence-electron chi connectivity index (χ1n) is 6.07. The van der Waals surface area contributed by atoms with Gasteiger partial charge in [-0.15, -0.1) is 5.10 Å². The first kappa shape index (κ1) is 11.8. The lowest BCUT2D eigenvalue weighted by Gasteiger charge is -2.30. The zero-order chi connectivity index (χ0) is 11.4. The highest BCUT2D eigenvalue weighted by molar-refractivity contribution is 7.10. The Bertz CT molecular complexity index is 326. The van der Waals surface area contributed by atoms with Crippen LogP contribution in [0.1, 0.15) is 32.4 Å². The zero-order valence-electron chi connectivity index (χ0n) is 10.1. The van der Waals surface area contributed by atoms with Crippen LogP contribution in [0.5, 0.6) is 0 Å². The Morgan fingerprint density at radius 2 is 2.44 bits per heavy atom. The van der Waals surface area contributed by atoms with Gasteiger partial charge in [-0.3, -0.25) is 4.90 Å². The molecule has 1 aromatic rings. The molecular formula is C11H20N4S. The second-order valence-corrected chi connectivity index (χ2v) is 5.32. The number of nitrogens with zero attached hydrogens (tertiary/aromatic N) is 3. The summed E-state index contributed by atoms with van der Waals surface area (Å²) in [6.07, 6.45) is 2.68. The van der Waals surface area contributed by atoms with E-state index in [0.29, 0.717) is 0 Å². The molecule has 0 radical (unpaired) electrons. The van der Waals surface area contributed by atoms with Crippen molar-refractivity contribution in [1.82, 2.24) is 14.5 Å². The van der Waals surface area contributed by atoms with Gasteiger partial charge >= 0.3 is 0 Å². The van der Waals surface area contributed by atoms with E-state index in [1.165, 1.54) is 37.5 Å². The van der Waals surface area contributed by atoms with E-state index in [0.717, 1.165) is 29.7 Å². The molecule has 0 bridgehead atoms. The number of rotatable bonds is 4. The predicted molar refractivity (Wildman–Crippen MR) is 67.7 cm³/mol. The molecule has 1 aromatic heterocycles. The van der Waals surface area contributed by atoms with Gasteiger partial charge in [0.2, 0.25) is 0 Å². The predicted octanol–water partition coefficient (Wildman–Crippen LogP) is 2.20. The Kier molecular flexibility index (Phi) is 4.12. The fraction of sp³-hybridized carbons (Fsp3) is 0.818. The fourth-order valence-electron chi connectivity index (χ4n) is 2.25. The van der Waals surface area contributed by atoms with Crippen LogP contribution in [-0.4, -0.2) is 34.1 Å². The molecular weight excluding hydrogens is 220 g/mol. The van der Waals surface area contributed by atoms with Crippen LogP contribution in [0.15, 0.2) is 0 Å². The molecule has 5 heteroatoms. The second kappa shape index (κ2) is 5.59. The molecule has 16 heavy (non-hydrogen) atoms. The van der Waals surface area contributed by atoms with Gasteiger partial charge in [0.05, 0.1) is 0 Å². The lowest BCUT2D eigenvalue weighted by Crippen LogP contribution is -2.34. The quantitative estimate of drug-likeness (QED) is 0.876. The number of hydrogen-bond acceptors (Lipinski definition) is 5. The molecule has 1 N–H and O–H groups in total. The normalized spacial score (nSPS) is 22.2. The lowest BCUT2D eigenvalue weighted by atomic mass is 10.0. The number of nitrogens with one attached hydrogen (secondary N) is 1. The molecule has 0 aromatic carbocycles. The van der Waals surface area contributed by atoms with Crippen LogP contribution in [0.2, 0.25) is 0 Å². The maximum Gasteiger partial charge on any atom is 0.134 e. The van der Waals surface area contributed by atoms with Gasteiger partial charge < -0.3 is 5.32 Å². The average Bonchev–Trinajstić information content (AvgIpc) is 2.66. The molecule has 1 atom stereocenters. The SMILES string of the molecule is CCNc1snnc1CN1CCCC(C)C1. The van der Waals surface area contributed by atoms with E-state index in [1.807, 2.05) is 0 Å². The third-order valence-corrected chi connectivity index (χ3v) is 3.73. The maximum absolute atomic E-state index is 4.22. The Labute approximate surface area is 101 Å². The highest BCUT2D eigenvalue weighted by Crippen LogP contribution is 2.22. The molecule has 0 saturated carbocycles. The highest BCUT2D eigenvalue weighted by Gasteiger charge is 2.18. The van der Waals surface area contributed by atoms with Crippen LogP contribution < -0.4 is 5.32 Å². The van der Waals surface area contributed by atoms with E-state index in [1.54, 1.807) is 0 Å². The summed E-state index contributed by atoms with van der Waals surface area (Å²) >= 11 is 1.46. The highest BCUT2D eigenvalue weighted by atomic mass is 32.1. The standard InChI is InChI=1S/C11H20N4S/c1-3-12-11-10(13-14-16-11)8-15-6-4-5-9(2)7-15/h9,12H,3-8H2,1-2H3. The summed E-state index contributed by atoms with van der Waals surface area (Å²) in [6, 6.07) is 0. The average molecular weight is 240 g/mol. The third kappa shape index (κ3) is 2.92. The van der Waals surface area contributed by atoms with Gasteiger partial charge in [0, 0.05) is 31.2 Å². The van der Waals surface area contributed by atoms with Gasteiger partial charge in [0.25, 0.3) is 0 Å². The van der Waals surface area contributed by atoms with Crippen LogP contribution in [0.4, 0.5) is 5.00 Å². The summed E-state index contributed by atoms with van der Waals surface area (Å²) in [5.41, 5.74) is 1.11. The molecule has 0 aliphatic carbocycles. The van der Waals surface area contributed by atoms with Crippen molar-refractivity contribution in [2.75, 3.05) is 25.0 Å². The van der Waals surface area contributed by atoms with Gasteiger partial charge in [-0.25, -0.2) is 0 Å². The van der Waals surface area contributed by atoms with Gasteiger partial charge in [-0.2, -0.15) is 0 Å². The van der Waals surface area contributed by atoms with Crippen molar-refractivity contribution in [2.45, 2.75) is 33.2 Å². The zero-order valence-corrected chi connectivity index (χ0v) is 10.9. The summed E-state index contributed by atoms with van der Waals surface area (Å²) in [5, 5.41) is 8.68. The molecule has 90 valence electrons. The molecule has 1 fully saturated rings. The van der Waals surface area contributed by atoms with Crippen LogP contribution in [0.25, 0.3) is 0 Å². The molecule has 1 unspecified atom stereocenters. The van der Waals surface area contributed by atoms with Crippen molar-refractivity contribution < 1.29 is 0 Å².